The molecule has 0 aromatic carbocycles. The second-order valence-corrected chi connectivity index (χ2v) is 8.35. The zero-order valence-corrected chi connectivity index (χ0v) is 16.6. The number of hydrogen-bond donors (Lipinski definition) is 3. The summed E-state index contributed by atoms with van der Waals surface area (Å²) in [4.78, 5) is 29.0. The van der Waals surface area contributed by atoms with Crippen LogP contribution in [0.4, 0.5) is 0 Å². The Kier molecular flexibility index (Phi) is 11.6. The average molecular weight is 373 g/mol. The first kappa shape index (κ1) is 23.8. The Morgan fingerprint density at radius 3 is 1.96 bits per heavy atom. The smallest absolute Gasteiger partial charge is 0.324 e. The highest BCUT2D eigenvalue weighted by Crippen LogP contribution is 2.34. The Morgan fingerprint density at radius 2 is 1.44 bits per heavy atom. The fourth-order valence-electron chi connectivity index (χ4n) is 2.05. The molecule has 0 aromatic heterocycles. The molecule has 0 aliphatic carbocycles. The van der Waals surface area contributed by atoms with Gasteiger partial charge in [0.1, 0.15) is 0 Å². The lowest BCUT2D eigenvalue weighted by atomic mass is 10.1. The van der Waals surface area contributed by atoms with Crippen molar-refractivity contribution in [3.8, 4) is 0 Å². The van der Waals surface area contributed by atoms with E-state index >= 15 is 0 Å². The Bertz CT molecular complexity index is 556. The standard InChI is InChI=1S/C18H32NO5P/c1-15(2)7-5-8-16(3)9-6-10-17(4)11-13-19(21)18(20)12-14-25(22,23)24/h7,9,11,21H,5-6,8,10,12-14H2,1-4H3,(H2,22,23,24). The van der Waals surface area contributed by atoms with Crippen molar-refractivity contribution in [3.63, 3.8) is 0 Å². The minimum atomic E-state index is -4.22. The van der Waals surface area contributed by atoms with Crippen molar-refractivity contribution in [1.82, 2.24) is 5.06 Å². The maximum absolute atomic E-state index is 11.5. The van der Waals surface area contributed by atoms with E-state index in [-0.39, 0.29) is 13.0 Å². The number of amides is 1. The lowest BCUT2D eigenvalue weighted by Crippen LogP contribution is -2.28. The van der Waals surface area contributed by atoms with Crippen LogP contribution < -0.4 is 0 Å². The number of carbonyl (C=O) groups excluding carboxylic acids is 1. The Labute approximate surface area is 151 Å². The molecule has 144 valence electrons. The van der Waals surface area contributed by atoms with Crippen molar-refractivity contribution < 1.29 is 24.4 Å². The largest absolute Gasteiger partial charge is 0.326 e. The summed E-state index contributed by atoms with van der Waals surface area (Å²) in [6, 6.07) is 0. The predicted octanol–water partition coefficient (Wildman–Crippen LogP) is 4.19. The molecule has 25 heavy (non-hydrogen) atoms. The SMILES string of the molecule is CC(C)=CCCC(C)=CCCC(C)=CCN(O)C(=O)CCP(=O)(O)O. The third-order valence-corrected chi connectivity index (χ3v) is 4.45. The summed E-state index contributed by atoms with van der Waals surface area (Å²) in [6.07, 6.45) is 9.10. The van der Waals surface area contributed by atoms with E-state index in [1.54, 1.807) is 6.08 Å². The van der Waals surface area contributed by atoms with Crippen molar-refractivity contribution in [3.05, 3.63) is 34.9 Å². The van der Waals surface area contributed by atoms with Gasteiger partial charge in [0.2, 0.25) is 5.91 Å². The van der Waals surface area contributed by atoms with E-state index in [0.717, 1.165) is 31.3 Å². The van der Waals surface area contributed by atoms with E-state index in [1.165, 1.54) is 11.1 Å². The molecule has 0 spiro atoms. The summed E-state index contributed by atoms with van der Waals surface area (Å²) in [7, 11) is -4.22. The number of hydroxylamine groups is 2. The maximum Gasteiger partial charge on any atom is 0.326 e. The topological polar surface area (TPSA) is 98.1 Å². The molecule has 0 bridgehead atoms. The van der Waals surface area contributed by atoms with Crippen LogP contribution in [0.3, 0.4) is 0 Å². The first-order chi connectivity index (χ1) is 11.5. The second-order valence-electron chi connectivity index (χ2n) is 6.57. The molecule has 1 amide bonds. The van der Waals surface area contributed by atoms with Crippen LogP contribution in [0.25, 0.3) is 0 Å². The van der Waals surface area contributed by atoms with Crippen LogP contribution in [0, 0.1) is 0 Å². The van der Waals surface area contributed by atoms with Crippen LogP contribution in [0.1, 0.15) is 59.8 Å². The quantitative estimate of drug-likeness (QED) is 0.218. The van der Waals surface area contributed by atoms with E-state index in [9.17, 15) is 14.6 Å². The van der Waals surface area contributed by atoms with E-state index in [2.05, 4.69) is 32.9 Å². The summed E-state index contributed by atoms with van der Waals surface area (Å²) in [5, 5.41) is 10.1. The molecule has 0 aromatic rings. The van der Waals surface area contributed by atoms with Gasteiger partial charge in [0.15, 0.2) is 0 Å². The summed E-state index contributed by atoms with van der Waals surface area (Å²) in [5.74, 6) is -0.692. The minimum absolute atomic E-state index is 0.0229. The van der Waals surface area contributed by atoms with Gasteiger partial charge in [-0.05, 0) is 53.4 Å². The average Bonchev–Trinajstić information content (AvgIpc) is 2.49. The summed E-state index contributed by atoms with van der Waals surface area (Å²) >= 11 is 0. The van der Waals surface area contributed by atoms with Gasteiger partial charge in [-0.15, -0.1) is 0 Å². The number of nitrogens with zero attached hydrogens (tertiary/aromatic N) is 1. The molecule has 0 fully saturated rings. The lowest BCUT2D eigenvalue weighted by Gasteiger charge is -2.13. The van der Waals surface area contributed by atoms with Gasteiger partial charge in [0.25, 0.3) is 0 Å². The molecule has 3 N–H and O–H groups in total. The number of carbonyl (C=O) groups is 1. The van der Waals surface area contributed by atoms with Crippen molar-refractivity contribution in [2.24, 2.45) is 0 Å². The number of hydrogen-bond acceptors (Lipinski definition) is 3. The molecule has 0 aliphatic rings. The summed E-state index contributed by atoms with van der Waals surface area (Å²) in [6.45, 7) is 8.26. The van der Waals surface area contributed by atoms with Gasteiger partial charge in [0.05, 0.1) is 12.7 Å². The van der Waals surface area contributed by atoms with Gasteiger partial charge in [-0.1, -0.05) is 34.9 Å². The Morgan fingerprint density at radius 1 is 0.920 bits per heavy atom. The molecule has 0 atom stereocenters. The van der Waals surface area contributed by atoms with Gasteiger partial charge >= 0.3 is 7.60 Å². The van der Waals surface area contributed by atoms with Gasteiger partial charge < -0.3 is 9.79 Å². The molecule has 6 nitrogen and oxygen atoms in total. The molecule has 0 unspecified atom stereocenters. The molecular formula is C18H32NO5P. The van der Waals surface area contributed by atoms with Gasteiger partial charge in [0, 0.05) is 6.42 Å². The van der Waals surface area contributed by atoms with Crippen molar-refractivity contribution in [2.45, 2.75) is 59.8 Å². The van der Waals surface area contributed by atoms with Crippen molar-refractivity contribution in [2.75, 3.05) is 12.7 Å². The fraction of sp³-hybridized carbons (Fsp3) is 0.611. The van der Waals surface area contributed by atoms with E-state index < -0.39 is 19.7 Å². The highest BCUT2D eigenvalue weighted by molar-refractivity contribution is 7.51. The highest BCUT2D eigenvalue weighted by atomic mass is 31.2. The normalized spacial score (nSPS) is 12.9. The Hall–Kier alpha value is -1.20. The fourth-order valence-corrected chi connectivity index (χ4v) is 2.54. The van der Waals surface area contributed by atoms with Crippen LogP contribution in [-0.2, 0) is 9.36 Å². The van der Waals surface area contributed by atoms with Crippen molar-refractivity contribution in [1.29, 1.82) is 0 Å². The third kappa shape index (κ3) is 14.8. The molecule has 0 aliphatic heterocycles. The molecule has 0 saturated carbocycles. The highest BCUT2D eigenvalue weighted by Gasteiger charge is 2.18. The minimum Gasteiger partial charge on any atom is -0.324 e. The third-order valence-electron chi connectivity index (χ3n) is 3.64. The summed E-state index contributed by atoms with van der Waals surface area (Å²) < 4.78 is 10.7. The zero-order chi connectivity index (χ0) is 19.5. The molecular weight excluding hydrogens is 341 g/mol. The molecule has 0 radical (unpaired) electrons. The first-order valence-electron chi connectivity index (χ1n) is 8.49. The monoisotopic (exact) mass is 373 g/mol. The van der Waals surface area contributed by atoms with Gasteiger partial charge in [-0.3, -0.25) is 14.6 Å². The van der Waals surface area contributed by atoms with E-state index in [0.29, 0.717) is 5.06 Å². The number of allylic oxidation sites excluding steroid dienone is 5. The molecule has 0 heterocycles. The van der Waals surface area contributed by atoms with Crippen LogP contribution in [-0.4, -0.2) is 38.7 Å². The molecule has 0 saturated heterocycles. The Balaban J connectivity index is 4.17. The molecule has 0 rings (SSSR count). The zero-order valence-electron chi connectivity index (χ0n) is 15.7. The van der Waals surface area contributed by atoms with E-state index in [1.807, 2.05) is 6.92 Å². The van der Waals surface area contributed by atoms with Crippen molar-refractivity contribution >= 4 is 13.5 Å². The van der Waals surface area contributed by atoms with Crippen LogP contribution in [0.15, 0.2) is 34.9 Å². The van der Waals surface area contributed by atoms with Crippen LogP contribution >= 0.6 is 7.60 Å². The first-order valence-corrected chi connectivity index (χ1v) is 10.3. The van der Waals surface area contributed by atoms with Gasteiger partial charge in [-0.25, -0.2) is 5.06 Å². The lowest BCUT2D eigenvalue weighted by molar-refractivity contribution is -0.162. The van der Waals surface area contributed by atoms with Crippen LogP contribution in [0.5, 0.6) is 0 Å². The second kappa shape index (κ2) is 12.2. The van der Waals surface area contributed by atoms with Crippen LogP contribution in [0.2, 0.25) is 0 Å². The molecule has 7 heteroatoms. The predicted molar refractivity (Wildman–Crippen MR) is 100 cm³/mol. The number of rotatable bonds is 11. The maximum atomic E-state index is 11.5. The summed E-state index contributed by atoms with van der Waals surface area (Å²) in [5.41, 5.74) is 3.73. The van der Waals surface area contributed by atoms with E-state index in [4.69, 9.17) is 9.79 Å². The van der Waals surface area contributed by atoms with Gasteiger partial charge in [-0.2, -0.15) is 0 Å².